The van der Waals surface area contributed by atoms with E-state index in [1.165, 1.54) is 0 Å². The molecule has 1 aromatic heterocycles. The van der Waals surface area contributed by atoms with Gasteiger partial charge in [-0.05, 0) is 26.7 Å². The molecule has 1 rings (SSSR count). The van der Waals surface area contributed by atoms with Crippen LogP contribution in [0.15, 0.2) is 4.52 Å². The van der Waals surface area contributed by atoms with E-state index in [1.54, 1.807) is 7.11 Å². The molecule has 1 heterocycles. The highest BCUT2D eigenvalue weighted by Gasteiger charge is 2.31. The molecule has 1 aromatic rings. The van der Waals surface area contributed by atoms with Crippen LogP contribution in [0.2, 0.25) is 0 Å². The molecular formula is C12H23N3O3. The van der Waals surface area contributed by atoms with Crippen molar-refractivity contribution in [2.45, 2.75) is 45.3 Å². The van der Waals surface area contributed by atoms with E-state index in [0.717, 1.165) is 6.42 Å². The summed E-state index contributed by atoms with van der Waals surface area (Å²) in [5, 5.41) is 3.97. The van der Waals surface area contributed by atoms with Crippen molar-refractivity contribution in [3.63, 3.8) is 0 Å². The molecule has 0 aromatic carbocycles. The Bertz CT molecular complexity index is 356. The van der Waals surface area contributed by atoms with Gasteiger partial charge in [0.1, 0.15) is 5.60 Å². The highest BCUT2D eigenvalue weighted by Crippen LogP contribution is 2.27. The van der Waals surface area contributed by atoms with Crippen LogP contribution in [-0.4, -0.2) is 30.5 Å². The third kappa shape index (κ3) is 3.51. The number of ether oxygens (including phenoxy) is 2. The molecule has 2 unspecified atom stereocenters. The second-order valence-corrected chi connectivity index (χ2v) is 4.36. The van der Waals surface area contributed by atoms with Gasteiger partial charge in [0.2, 0.25) is 11.7 Å². The van der Waals surface area contributed by atoms with Gasteiger partial charge in [-0.25, -0.2) is 0 Å². The molecule has 0 aliphatic carbocycles. The van der Waals surface area contributed by atoms with E-state index >= 15 is 0 Å². The molecule has 0 amide bonds. The number of aromatic nitrogens is 2. The van der Waals surface area contributed by atoms with Gasteiger partial charge >= 0.3 is 0 Å². The minimum Gasteiger partial charge on any atom is -0.385 e. The summed E-state index contributed by atoms with van der Waals surface area (Å²) < 4.78 is 15.9. The maximum atomic E-state index is 5.94. The number of methoxy groups -OCH3 is 1. The zero-order valence-corrected chi connectivity index (χ0v) is 11.6. The first-order chi connectivity index (χ1) is 8.57. The lowest BCUT2D eigenvalue weighted by atomic mass is 10.0. The van der Waals surface area contributed by atoms with Crippen molar-refractivity contribution >= 4 is 0 Å². The van der Waals surface area contributed by atoms with E-state index in [2.05, 4.69) is 10.1 Å². The minimum absolute atomic E-state index is 0.297. The first kappa shape index (κ1) is 15.1. The summed E-state index contributed by atoms with van der Waals surface area (Å²) in [6, 6.07) is -0.297. The van der Waals surface area contributed by atoms with Crippen LogP contribution in [0.4, 0.5) is 0 Å². The van der Waals surface area contributed by atoms with E-state index in [9.17, 15) is 0 Å². The standard InChI is InChI=1S/C12H23N3O3/c1-5-12(3,17-6-2)11-14-10(18-15-11)9(13)7-8-16-4/h9H,5-8,13H2,1-4H3. The van der Waals surface area contributed by atoms with Gasteiger partial charge in [-0.1, -0.05) is 12.1 Å². The molecule has 0 aliphatic rings. The van der Waals surface area contributed by atoms with Crippen LogP contribution in [0, 0.1) is 0 Å². The number of nitrogens with zero attached hydrogens (tertiary/aromatic N) is 2. The molecule has 2 atom stereocenters. The normalized spacial score (nSPS) is 16.5. The fourth-order valence-corrected chi connectivity index (χ4v) is 1.61. The molecule has 6 heteroatoms. The van der Waals surface area contributed by atoms with Crippen molar-refractivity contribution in [3.05, 3.63) is 11.7 Å². The lowest BCUT2D eigenvalue weighted by molar-refractivity contribution is -0.0403. The van der Waals surface area contributed by atoms with Crippen LogP contribution in [0.3, 0.4) is 0 Å². The van der Waals surface area contributed by atoms with E-state index in [-0.39, 0.29) is 6.04 Å². The second-order valence-electron chi connectivity index (χ2n) is 4.36. The van der Waals surface area contributed by atoms with Crippen molar-refractivity contribution < 1.29 is 14.0 Å². The zero-order valence-electron chi connectivity index (χ0n) is 11.6. The quantitative estimate of drug-likeness (QED) is 0.764. The fraction of sp³-hybridized carbons (Fsp3) is 0.833. The predicted molar refractivity (Wildman–Crippen MR) is 67.0 cm³/mol. The molecule has 0 saturated heterocycles. The zero-order chi connectivity index (χ0) is 13.6. The van der Waals surface area contributed by atoms with Gasteiger partial charge in [0, 0.05) is 20.3 Å². The SMILES string of the molecule is CCOC(C)(CC)c1noc(C(N)CCOC)n1. The molecule has 0 aliphatic heterocycles. The maximum Gasteiger partial charge on any atom is 0.243 e. The molecular weight excluding hydrogens is 234 g/mol. The Labute approximate surface area is 108 Å². The summed E-state index contributed by atoms with van der Waals surface area (Å²) in [4.78, 5) is 4.34. The van der Waals surface area contributed by atoms with Crippen molar-refractivity contribution in [2.24, 2.45) is 5.73 Å². The molecule has 0 radical (unpaired) electrons. The smallest absolute Gasteiger partial charge is 0.243 e. The Kier molecular flexibility index (Phi) is 5.71. The van der Waals surface area contributed by atoms with Gasteiger partial charge < -0.3 is 19.7 Å². The molecule has 0 fully saturated rings. The summed E-state index contributed by atoms with van der Waals surface area (Å²) in [5.41, 5.74) is 5.42. The van der Waals surface area contributed by atoms with Crippen LogP contribution in [0.1, 0.15) is 51.4 Å². The monoisotopic (exact) mass is 257 g/mol. The number of hydrogen-bond donors (Lipinski definition) is 1. The Morgan fingerprint density at radius 2 is 2.17 bits per heavy atom. The van der Waals surface area contributed by atoms with E-state index in [1.807, 2.05) is 20.8 Å². The third-order valence-electron chi connectivity index (χ3n) is 3.00. The first-order valence-corrected chi connectivity index (χ1v) is 6.30. The summed E-state index contributed by atoms with van der Waals surface area (Å²) in [6.45, 7) is 7.08. The molecule has 18 heavy (non-hydrogen) atoms. The summed E-state index contributed by atoms with van der Waals surface area (Å²) in [7, 11) is 1.63. The molecule has 2 N–H and O–H groups in total. The lowest BCUT2D eigenvalue weighted by Gasteiger charge is -2.23. The van der Waals surface area contributed by atoms with E-state index in [4.69, 9.17) is 19.7 Å². The highest BCUT2D eigenvalue weighted by atomic mass is 16.5. The third-order valence-corrected chi connectivity index (χ3v) is 3.00. The van der Waals surface area contributed by atoms with Gasteiger partial charge in [-0.2, -0.15) is 4.98 Å². The van der Waals surface area contributed by atoms with Crippen LogP contribution in [0.5, 0.6) is 0 Å². The topological polar surface area (TPSA) is 83.4 Å². The van der Waals surface area contributed by atoms with Crippen molar-refractivity contribution in [1.29, 1.82) is 0 Å². The second kappa shape index (κ2) is 6.82. The van der Waals surface area contributed by atoms with Crippen molar-refractivity contribution in [1.82, 2.24) is 10.1 Å². The van der Waals surface area contributed by atoms with Gasteiger partial charge in [0.15, 0.2) is 0 Å². The summed E-state index contributed by atoms with van der Waals surface area (Å²) in [6.07, 6.45) is 1.42. The Hall–Kier alpha value is -0.980. The van der Waals surface area contributed by atoms with Gasteiger partial charge in [0.25, 0.3) is 0 Å². The van der Waals surface area contributed by atoms with E-state index < -0.39 is 5.60 Å². The minimum atomic E-state index is -0.516. The first-order valence-electron chi connectivity index (χ1n) is 6.30. The average Bonchev–Trinajstić information content (AvgIpc) is 2.86. The lowest BCUT2D eigenvalue weighted by Crippen LogP contribution is -2.26. The largest absolute Gasteiger partial charge is 0.385 e. The molecule has 6 nitrogen and oxygen atoms in total. The summed E-state index contributed by atoms with van der Waals surface area (Å²) in [5.74, 6) is 0.983. The van der Waals surface area contributed by atoms with Crippen molar-refractivity contribution in [3.8, 4) is 0 Å². The number of hydrogen-bond acceptors (Lipinski definition) is 6. The predicted octanol–water partition coefficient (Wildman–Crippen LogP) is 1.77. The van der Waals surface area contributed by atoms with E-state index in [0.29, 0.717) is 31.3 Å². The highest BCUT2D eigenvalue weighted by molar-refractivity contribution is 5.01. The van der Waals surface area contributed by atoms with Crippen LogP contribution in [0.25, 0.3) is 0 Å². The van der Waals surface area contributed by atoms with Crippen LogP contribution >= 0.6 is 0 Å². The van der Waals surface area contributed by atoms with Gasteiger partial charge in [-0.3, -0.25) is 0 Å². The summed E-state index contributed by atoms with van der Waals surface area (Å²) >= 11 is 0. The average molecular weight is 257 g/mol. The van der Waals surface area contributed by atoms with Gasteiger partial charge in [-0.15, -0.1) is 0 Å². The van der Waals surface area contributed by atoms with Crippen molar-refractivity contribution in [2.75, 3.05) is 20.3 Å². The van der Waals surface area contributed by atoms with Crippen LogP contribution < -0.4 is 5.73 Å². The van der Waals surface area contributed by atoms with Crippen LogP contribution in [-0.2, 0) is 15.1 Å². The van der Waals surface area contributed by atoms with Gasteiger partial charge in [0.05, 0.1) is 6.04 Å². The number of nitrogens with two attached hydrogens (primary N) is 1. The molecule has 0 spiro atoms. The Morgan fingerprint density at radius 3 is 2.72 bits per heavy atom. The Balaban J connectivity index is 2.78. The molecule has 0 saturated carbocycles. The maximum absolute atomic E-state index is 5.94. The molecule has 0 bridgehead atoms. The Morgan fingerprint density at radius 1 is 1.44 bits per heavy atom. The molecule has 104 valence electrons. The fourth-order valence-electron chi connectivity index (χ4n) is 1.61. The number of rotatable bonds is 8.